The van der Waals surface area contributed by atoms with Crippen molar-refractivity contribution in [3.05, 3.63) is 0 Å². The Hall–Kier alpha value is -1.10. The van der Waals surface area contributed by atoms with Gasteiger partial charge in [0.05, 0.1) is 12.0 Å². The fourth-order valence-corrected chi connectivity index (χ4v) is 1.77. The quantitative estimate of drug-likeness (QED) is 0.686. The summed E-state index contributed by atoms with van der Waals surface area (Å²) >= 11 is 0. The highest BCUT2D eigenvalue weighted by atomic mass is 16.4. The van der Waals surface area contributed by atoms with Gasteiger partial charge in [0.2, 0.25) is 5.91 Å². The van der Waals surface area contributed by atoms with Crippen LogP contribution in [0.25, 0.3) is 0 Å². The van der Waals surface area contributed by atoms with Crippen LogP contribution in [0.1, 0.15) is 19.8 Å². The van der Waals surface area contributed by atoms with Gasteiger partial charge in [0.1, 0.15) is 0 Å². The van der Waals surface area contributed by atoms with Crippen LogP contribution in [0.4, 0.5) is 0 Å². The number of nitrogens with zero attached hydrogens (tertiary/aromatic N) is 1. The summed E-state index contributed by atoms with van der Waals surface area (Å²) in [5.41, 5.74) is 0. The van der Waals surface area contributed by atoms with Crippen LogP contribution in [0.5, 0.6) is 0 Å². The fourth-order valence-electron chi connectivity index (χ4n) is 1.77. The fraction of sp³-hybridized carbons (Fsp3) is 0.800. The summed E-state index contributed by atoms with van der Waals surface area (Å²) in [6, 6.07) is -0.367. The minimum atomic E-state index is -0.775. The van der Waals surface area contributed by atoms with E-state index in [1.165, 1.54) is 4.90 Å². The standard InChI is InChI=1S/C10H18N2O3/c1-6(9(13)12(2)3)11-8-5-4-7(8)10(14)15/h6-8,11H,4-5H2,1-3H3,(H,14,15). The van der Waals surface area contributed by atoms with E-state index in [-0.39, 0.29) is 23.9 Å². The van der Waals surface area contributed by atoms with Gasteiger partial charge in [0.25, 0.3) is 0 Å². The average Bonchev–Trinajstić information content (AvgIpc) is 2.09. The maximum Gasteiger partial charge on any atom is 0.308 e. The Morgan fingerprint density at radius 3 is 2.33 bits per heavy atom. The second kappa shape index (κ2) is 4.61. The number of hydrogen-bond acceptors (Lipinski definition) is 3. The summed E-state index contributed by atoms with van der Waals surface area (Å²) in [4.78, 5) is 23.8. The van der Waals surface area contributed by atoms with Crippen molar-refractivity contribution in [3.63, 3.8) is 0 Å². The second-order valence-corrected chi connectivity index (χ2v) is 4.25. The molecule has 1 aliphatic carbocycles. The van der Waals surface area contributed by atoms with Gasteiger partial charge in [-0.2, -0.15) is 0 Å². The third-order valence-corrected chi connectivity index (χ3v) is 2.87. The third-order valence-electron chi connectivity index (χ3n) is 2.87. The molecule has 1 amide bonds. The number of amides is 1. The molecule has 15 heavy (non-hydrogen) atoms. The highest BCUT2D eigenvalue weighted by molar-refractivity contribution is 5.81. The Balaban J connectivity index is 2.42. The second-order valence-electron chi connectivity index (χ2n) is 4.25. The molecule has 5 nitrogen and oxygen atoms in total. The first kappa shape index (κ1) is 12.0. The van der Waals surface area contributed by atoms with Crippen LogP contribution in [0, 0.1) is 5.92 Å². The van der Waals surface area contributed by atoms with Crippen LogP contribution >= 0.6 is 0 Å². The maximum atomic E-state index is 11.5. The Morgan fingerprint density at radius 1 is 1.40 bits per heavy atom. The minimum absolute atomic E-state index is 0.0222. The van der Waals surface area contributed by atoms with E-state index in [0.29, 0.717) is 6.42 Å². The van der Waals surface area contributed by atoms with Gasteiger partial charge >= 0.3 is 5.97 Å². The Morgan fingerprint density at radius 2 is 2.00 bits per heavy atom. The molecule has 0 saturated heterocycles. The number of nitrogens with one attached hydrogen (secondary N) is 1. The molecule has 3 atom stereocenters. The highest BCUT2D eigenvalue weighted by Gasteiger charge is 2.37. The number of hydrogen-bond donors (Lipinski definition) is 2. The summed E-state index contributed by atoms with van der Waals surface area (Å²) in [6.07, 6.45) is 1.54. The zero-order chi connectivity index (χ0) is 11.6. The van der Waals surface area contributed by atoms with Gasteiger partial charge in [-0.3, -0.25) is 9.59 Å². The van der Waals surface area contributed by atoms with Crippen LogP contribution in [-0.2, 0) is 9.59 Å². The Bertz CT molecular complexity index is 265. The lowest BCUT2D eigenvalue weighted by Gasteiger charge is -2.36. The normalized spacial score (nSPS) is 26.6. The largest absolute Gasteiger partial charge is 0.481 e. The summed E-state index contributed by atoms with van der Waals surface area (Å²) in [5, 5.41) is 11.9. The minimum Gasteiger partial charge on any atom is -0.481 e. The van der Waals surface area contributed by atoms with Crippen LogP contribution in [0.3, 0.4) is 0 Å². The first-order valence-corrected chi connectivity index (χ1v) is 5.13. The number of carbonyl (C=O) groups excluding carboxylic acids is 1. The smallest absolute Gasteiger partial charge is 0.308 e. The van der Waals surface area contributed by atoms with Crippen LogP contribution in [0.15, 0.2) is 0 Å². The highest BCUT2D eigenvalue weighted by Crippen LogP contribution is 2.27. The third kappa shape index (κ3) is 2.68. The molecule has 0 spiro atoms. The summed E-state index contributed by atoms with van der Waals surface area (Å²) < 4.78 is 0. The molecule has 1 fully saturated rings. The molecule has 0 heterocycles. The first-order valence-electron chi connectivity index (χ1n) is 5.13. The molecule has 1 saturated carbocycles. The number of carbonyl (C=O) groups is 2. The van der Waals surface area contributed by atoms with Gasteiger partial charge in [-0.1, -0.05) is 0 Å². The van der Waals surface area contributed by atoms with Gasteiger partial charge in [0, 0.05) is 20.1 Å². The molecule has 5 heteroatoms. The maximum absolute atomic E-state index is 11.5. The molecule has 0 aromatic heterocycles. The molecular formula is C10H18N2O3. The van der Waals surface area contributed by atoms with E-state index >= 15 is 0 Å². The molecule has 86 valence electrons. The van der Waals surface area contributed by atoms with Crippen molar-refractivity contribution in [2.24, 2.45) is 5.92 Å². The van der Waals surface area contributed by atoms with Crippen molar-refractivity contribution in [3.8, 4) is 0 Å². The lowest BCUT2D eigenvalue weighted by atomic mass is 9.79. The summed E-state index contributed by atoms with van der Waals surface area (Å²) in [7, 11) is 3.38. The monoisotopic (exact) mass is 214 g/mol. The summed E-state index contributed by atoms with van der Waals surface area (Å²) in [6.45, 7) is 1.76. The number of carboxylic acid groups (broad SMARTS) is 1. The lowest BCUT2D eigenvalue weighted by molar-refractivity contribution is -0.147. The predicted molar refractivity (Wildman–Crippen MR) is 55.4 cm³/mol. The van der Waals surface area contributed by atoms with Gasteiger partial charge < -0.3 is 15.3 Å². The van der Waals surface area contributed by atoms with Crippen molar-refractivity contribution < 1.29 is 14.7 Å². The molecule has 3 unspecified atom stereocenters. The van der Waals surface area contributed by atoms with Gasteiger partial charge in [-0.15, -0.1) is 0 Å². The number of rotatable bonds is 4. The van der Waals surface area contributed by atoms with Crippen molar-refractivity contribution in [2.75, 3.05) is 14.1 Å². The molecule has 0 aliphatic heterocycles. The molecule has 1 rings (SSSR count). The van der Waals surface area contributed by atoms with Gasteiger partial charge in [-0.05, 0) is 19.8 Å². The van der Waals surface area contributed by atoms with Crippen molar-refractivity contribution in [1.82, 2.24) is 10.2 Å². The van der Waals surface area contributed by atoms with E-state index in [2.05, 4.69) is 5.32 Å². The van der Waals surface area contributed by atoms with E-state index in [4.69, 9.17) is 5.11 Å². The van der Waals surface area contributed by atoms with Crippen LogP contribution in [0.2, 0.25) is 0 Å². The SMILES string of the molecule is CC(NC1CCC1C(=O)O)C(=O)N(C)C. The van der Waals surface area contributed by atoms with E-state index in [1.54, 1.807) is 21.0 Å². The van der Waals surface area contributed by atoms with E-state index in [1.807, 2.05) is 0 Å². The Labute approximate surface area is 89.4 Å². The Kier molecular flexibility index (Phi) is 3.68. The zero-order valence-corrected chi connectivity index (χ0v) is 9.36. The molecular weight excluding hydrogens is 196 g/mol. The van der Waals surface area contributed by atoms with Crippen molar-refractivity contribution in [1.29, 1.82) is 0 Å². The number of carboxylic acids is 1. The average molecular weight is 214 g/mol. The van der Waals surface area contributed by atoms with Gasteiger partial charge in [0.15, 0.2) is 0 Å². The van der Waals surface area contributed by atoms with E-state index in [0.717, 1.165) is 6.42 Å². The molecule has 0 aromatic carbocycles. The van der Waals surface area contributed by atoms with Crippen LogP contribution in [-0.4, -0.2) is 48.1 Å². The first-order chi connectivity index (χ1) is 6.93. The predicted octanol–water partition coefficient (Wildman–Crippen LogP) is -0.0841. The van der Waals surface area contributed by atoms with Gasteiger partial charge in [-0.25, -0.2) is 0 Å². The molecule has 0 aromatic rings. The van der Waals surface area contributed by atoms with Crippen LogP contribution < -0.4 is 5.32 Å². The topological polar surface area (TPSA) is 69.6 Å². The molecule has 0 bridgehead atoms. The van der Waals surface area contributed by atoms with E-state index in [9.17, 15) is 9.59 Å². The summed E-state index contributed by atoms with van der Waals surface area (Å²) in [5.74, 6) is -1.13. The molecule has 1 aliphatic rings. The lowest BCUT2D eigenvalue weighted by Crippen LogP contribution is -2.54. The van der Waals surface area contributed by atoms with Crippen molar-refractivity contribution >= 4 is 11.9 Å². The van der Waals surface area contributed by atoms with Crippen molar-refractivity contribution in [2.45, 2.75) is 31.8 Å². The number of likely N-dealkylation sites (N-methyl/N-ethyl adjacent to an activating group) is 1. The molecule has 2 N–H and O–H groups in total. The van der Waals surface area contributed by atoms with E-state index < -0.39 is 5.97 Å². The number of aliphatic carboxylic acids is 1. The molecule has 0 radical (unpaired) electrons. The zero-order valence-electron chi connectivity index (χ0n) is 9.36.